The van der Waals surface area contributed by atoms with Crippen molar-refractivity contribution in [1.82, 2.24) is 15.0 Å². The minimum atomic E-state index is -1.05. The number of ether oxygens (including phenoxy) is 6. The van der Waals surface area contributed by atoms with Crippen LogP contribution in [0.5, 0.6) is 34.9 Å². The fourth-order valence-electron chi connectivity index (χ4n) is 10.7. The molecule has 0 radical (unpaired) electrons. The number of methoxy groups -OCH3 is 3. The van der Waals surface area contributed by atoms with Gasteiger partial charge in [0.15, 0.2) is 0 Å². The Labute approximate surface area is 621 Å². The second-order valence-corrected chi connectivity index (χ2v) is 35.1. The molecule has 486 valence electrons. The summed E-state index contributed by atoms with van der Waals surface area (Å²) in [7, 11) is 4.55. The van der Waals surface area contributed by atoms with Crippen molar-refractivity contribution in [3.05, 3.63) is 174 Å². The molecule has 3 aromatic carbocycles. The Morgan fingerprint density at radius 3 is 1.00 bits per heavy atom. The van der Waals surface area contributed by atoms with E-state index in [1.165, 1.54) is 23.8 Å². The summed E-state index contributed by atoms with van der Waals surface area (Å²) in [5.74, 6) is -1.22. The largest absolute Gasteiger partial charge is 0.496 e. The van der Waals surface area contributed by atoms with Gasteiger partial charge in [0.25, 0.3) is 0 Å². The molecule has 3 atom stereocenters. The van der Waals surface area contributed by atoms with Crippen LogP contribution in [-0.2, 0) is 14.4 Å². The molecule has 3 aromatic heterocycles. The van der Waals surface area contributed by atoms with E-state index in [2.05, 4.69) is 162 Å². The maximum absolute atomic E-state index is 12.4. The highest BCUT2D eigenvalue weighted by atomic mass is 127. The Kier molecular flexibility index (Phi) is 31.5. The van der Waals surface area contributed by atoms with Gasteiger partial charge in [-0.3, -0.25) is 9.59 Å². The molecule has 3 aliphatic rings. The first kappa shape index (κ1) is 78.2. The summed E-state index contributed by atoms with van der Waals surface area (Å²) in [5.41, 5.74) is 25.0. The highest BCUT2D eigenvalue weighted by Crippen LogP contribution is 2.52. The topological polar surface area (TPSA) is 325 Å². The number of nitriles is 3. The normalized spacial score (nSPS) is 14.6. The standard InChI is InChI=1S/2C21H22N4O3.C21H21N3O4.CHI3.CH2I2.HI/c2*1-5-28-21-18-17(14-7-6-13(9-22)8-15(14)27-4)16(20(23)26)12(3)25-19(18)11(2)10-24-21;1-5-28-20-18-17(14-7-6-13(9-22)8-15(14)27-4)16(21(25)26)12(3)24-19(18)11(2)10-23-20;2-1(3)4;2-1-3;/h2*6-8,10,17,25H,5H2,1-4H3,(H2,23,26);6-8,10,17,24H,5H2,1-4H3,(H,25,26);1H;1H2;1H/t17-;;;;;/m1...../s1. The second-order valence-electron chi connectivity index (χ2n) is 19.8. The van der Waals surface area contributed by atoms with Crippen LogP contribution in [0.2, 0.25) is 0 Å². The highest BCUT2D eigenvalue weighted by molar-refractivity contribution is 14.3. The number of carbonyl (C=O) groups excluding carboxylic acids is 2. The van der Waals surface area contributed by atoms with Gasteiger partial charge in [-0.1, -0.05) is 131 Å². The lowest BCUT2D eigenvalue weighted by Crippen LogP contribution is -2.28. The Bertz CT molecular complexity index is 3560. The number of pyridine rings is 3. The molecule has 0 saturated heterocycles. The van der Waals surface area contributed by atoms with Crippen LogP contribution in [0.3, 0.4) is 0 Å². The number of carbonyl (C=O) groups is 3. The van der Waals surface area contributed by atoms with E-state index in [9.17, 15) is 35.3 Å². The fraction of sp³-hybridized carbons (Fsp3) is 0.308. The fourth-order valence-corrected chi connectivity index (χ4v) is 10.7. The molecule has 92 heavy (non-hydrogen) atoms. The zero-order chi connectivity index (χ0) is 67.6. The number of fused-ring (bicyclic) bond motifs is 3. The van der Waals surface area contributed by atoms with E-state index in [1.807, 2.05) is 55.4 Å². The Morgan fingerprint density at radius 1 is 0.533 bits per heavy atom. The number of hydrogen-bond donors (Lipinski definition) is 6. The lowest BCUT2D eigenvalue weighted by molar-refractivity contribution is -0.133. The van der Waals surface area contributed by atoms with Gasteiger partial charge in [-0.2, -0.15) is 15.8 Å². The van der Waals surface area contributed by atoms with Gasteiger partial charge in [0.05, 0.1) is 136 Å². The molecule has 9 rings (SSSR count). The number of aryl methyl sites for hydroxylation is 3. The van der Waals surface area contributed by atoms with Crippen molar-refractivity contribution < 1.29 is 47.9 Å². The average Bonchev–Trinajstić information content (AvgIpc) is 0.779. The van der Waals surface area contributed by atoms with Gasteiger partial charge < -0.3 is 60.9 Å². The molecule has 6 aromatic rings. The molecule has 6 heterocycles. The lowest BCUT2D eigenvalue weighted by Gasteiger charge is -2.32. The first-order valence-corrected chi connectivity index (χ1v) is 34.6. The number of alkyl halides is 5. The van der Waals surface area contributed by atoms with Crippen molar-refractivity contribution in [2.45, 2.75) is 80.0 Å². The van der Waals surface area contributed by atoms with Gasteiger partial charge in [0.1, 0.15) is 17.2 Å². The third-order valence-electron chi connectivity index (χ3n) is 14.3. The van der Waals surface area contributed by atoms with Crippen LogP contribution in [0.25, 0.3) is 0 Å². The van der Waals surface area contributed by atoms with Gasteiger partial charge in [0, 0.05) is 63.5 Å². The van der Waals surface area contributed by atoms with Crippen molar-refractivity contribution in [2.75, 3.05) is 59.5 Å². The molecule has 3 aliphatic heterocycles. The summed E-state index contributed by atoms with van der Waals surface area (Å²) in [6, 6.07) is 21.5. The van der Waals surface area contributed by atoms with Crippen LogP contribution in [-0.4, -0.2) is 81.4 Å². The minimum Gasteiger partial charge on any atom is -0.496 e. The number of carboxylic acids is 1. The third kappa shape index (κ3) is 18.4. The maximum Gasteiger partial charge on any atom is 0.334 e. The first-order valence-electron chi connectivity index (χ1n) is 27.8. The Balaban J connectivity index is 0.000000278. The Hall–Kier alpha value is -6.21. The van der Waals surface area contributed by atoms with E-state index >= 15 is 0 Å². The van der Waals surface area contributed by atoms with E-state index in [4.69, 9.17) is 39.9 Å². The number of allylic oxidation sites excluding steroid dienone is 3. The molecule has 0 saturated carbocycles. The number of aromatic nitrogens is 3. The number of hydrogen-bond acceptors (Lipinski definition) is 18. The highest BCUT2D eigenvalue weighted by Gasteiger charge is 2.40. The van der Waals surface area contributed by atoms with Crippen LogP contribution in [0.4, 0.5) is 17.1 Å². The van der Waals surface area contributed by atoms with E-state index in [0.717, 1.165) is 44.8 Å². The van der Waals surface area contributed by atoms with Crippen molar-refractivity contribution in [2.24, 2.45) is 11.5 Å². The number of nitrogens with zero attached hydrogens (tertiary/aromatic N) is 6. The van der Waals surface area contributed by atoms with E-state index in [1.54, 1.807) is 80.1 Å². The summed E-state index contributed by atoms with van der Waals surface area (Å²) in [6.45, 7) is 18.0. The molecular formula is C65H69I6N11O10. The molecule has 8 N–H and O–H groups in total. The monoisotopic (exact) mass is 1920 g/mol. The number of primary amides is 2. The summed E-state index contributed by atoms with van der Waals surface area (Å²) < 4.78 is 35.8. The molecule has 0 aliphatic carbocycles. The molecular weight excluding hydrogens is 1860 g/mol. The number of benzene rings is 3. The maximum atomic E-state index is 12.4. The zero-order valence-corrected chi connectivity index (χ0v) is 65.4. The van der Waals surface area contributed by atoms with Crippen molar-refractivity contribution in [1.29, 1.82) is 15.8 Å². The van der Waals surface area contributed by atoms with Crippen molar-refractivity contribution in [3.8, 4) is 53.1 Å². The molecule has 21 nitrogen and oxygen atoms in total. The molecule has 27 heteroatoms. The number of anilines is 3. The van der Waals surface area contributed by atoms with E-state index in [0.29, 0.717) is 122 Å². The summed E-state index contributed by atoms with van der Waals surface area (Å²) >= 11 is 11.5. The van der Waals surface area contributed by atoms with Gasteiger partial charge >= 0.3 is 5.97 Å². The summed E-state index contributed by atoms with van der Waals surface area (Å²) in [4.78, 5) is 50.3. The van der Waals surface area contributed by atoms with Crippen molar-refractivity contribution in [3.63, 3.8) is 0 Å². The number of nitrogens with one attached hydrogen (secondary N) is 3. The van der Waals surface area contributed by atoms with Gasteiger partial charge in [-0.25, -0.2) is 19.7 Å². The quantitative estimate of drug-likeness (QED) is 0.0411. The number of carboxylic acid groups (broad SMARTS) is 1. The third-order valence-corrected chi connectivity index (χ3v) is 14.3. The SMILES string of the molecule is CCOc1ncc(C)c2c1C(c1ccc(C#N)cc1OC)C(C(=O)O)=C(C)N2.CCOc1ncc(C)c2c1C(c1ccc(C#N)cc1OC)C(C(N)=O)=C(C)N2.CCOc1ncc(C)c2c1[C@H](c1ccc(C#N)cc1OC)C(C(N)=O)=C(C)N2.I.IC(I)I.ICI. The number of rotatable bonds is 15. The molecule has 2 amide bonds. The van der Waals surface area contributed by atoms with Crippen LogP contribution in [0.1, 0.15) is 126 Å². The summed E-state index contributed by atoms with van der Waals surface area (Å²) in [6.07, 6.45) is 5.15. The van der Waals surface area contributed by atoms with Crippen LogP contribution in [0, 0.1) is 54.8 Å². The number of halogens is 6. The first-order chi connectivity index (χ1) is 43.4. The number of aliphatic carboxylic acids is 1. The molecule has 2 unspecified atom stereocenters. The molecule has 0 fully saturated rings. The smallest absolute Gasteiger partial charge is 0.334 e. The lowest BCUT2D eigenvalue weighted by atomic mass is 9.79. The predicted octanol–water partition coefficient (Wildman–Crippen LogP) is 14.6. The Morgan fingerprint density at radius 2 is 0.783 bits per heavy atom. The van der Waals surface area contributed by atoms with Crippen LogP contribution < -0.4 is 55.8 Å². The van der Waals surface area contributed by atoms with Crippen LogP contribution >= 0.6 is 137 Å². The molecule has 0 spiro atoms. The number of nitrogens with two attached hydrogens (primary N) is 2. The molecule has 0 bridgehead atoms. The minimum absolute atomic E-state index is 0. The van der Waals surface area contributed by atoms with Crippen molar-refractivity contribution >= 4 is 172 Å². The average molecular weight is 1930 g/mol. The van der Waals surface area contributed by atoms with Crippen LogP contribution in [0.15, 0.2) is 107 Å². The number of amides is 2. The van der Waals surface area contributed by atoms with Gasteiger partial charge in [-0.05, 0) is 115 Å². The van der Waals surface area contributed by atoms with E-state index < -0.39 is 35.5 Å². The zero-order valence-electron chi connectivity index (χ0n) is 52.3. The van der Waals surface area contributed by atoms with Gasteiger partial charge in [0.2, 0.25) is 29.5 Å². The van der Waals surface area contributed by atoms with E-state index in [-0.39, 0.29) is 29.5 Å². The van der Waals surface area contributed by atoms with Gasteiger partial charge in [-0.15, -0.1) is 24.0 Å². The summed E-state index contributed by atoms with van der Waals surface area (Å²) in [5, 5.41) is 47.4. The predicted molar refractivity (Wildman–Crippen MR) is 408 cm³/mol. The second kappa shape index (κ2) is 37.0.